The average Bonchev–Trinajstić information content (AvgIpc) is 3.20. The molecule has 1 aliphatic rings. The molecule has 0 amide bonds. The Kier molecular flexibility index (Phi) is 4.28. The van der Waals surface area contributed by atoms with Gasteiger partial charge in [-0.15, -0.1) is 0 Å². The lowest BCUT2D eigenvalue weighted by Gasteiger charge is -2.20. The number of carboxylic acids is 1. The zero-order valence-corrected chi connectivity index (χ0v) is 12.1. The van der Waals surface area contributed by atoms with Crippen molar-refractivity contribution in [2.24, 2.45) is 5.92 Å². The van der Waals surface area contributed by atoms with E-state index in [2.05, 4.69) is 0 Å². The number of phenols is 1. The fourth-order valence-corrected chi connectivity index (χ4v) is 2.83. The lowest BCUT2D eigenvalue weighted by atomic mass is 9.89. The van der Waals surface area contributed by atoms with Crippen LogP contribution in [0.4, 0.5) is 0 Å². The lowest BCUT2D eigenvalue weighted by Crippen LogP contribution is -2.10. The largest absolute Gasteiger partial charge is 0.504 e. The molecule has 0 spiro atoms. The van der Waals surface area contributed by atoms with Gasteiger partial charge in [0.2, 0.25) is 5.75 Å². The molecular weight excluding hydrogens is 284 g/mol. The van der Waals surface area contributed by atoms with Gasteiger partial charge in [-0.25, -0.2) is 0 Å². The second-order valence-electron chi connectivity index (χ2n) is 4.90. The Balaban J connectivity index is 2.51. The average molecular weight is 301 g/mol. The zero-order valence-electron chi connectivity index (χ0n) is 11.4. The second-order valence-corrected chi connectivity index (χ2v) is 5.31. The van der Waals surface area contributed by atoms with E-state index in [4.69, 9.17) is 26.2 Å². The Morgan fingerprint density at radius 2 is 2.10 bits per heavy atom. The highest BCUT2D eigenvalue weighted by atomic mass is 35.5. The Morgan fingerprint density at radius 1 is 1.45 bits per heavy atom. The van der Waals surface area contributed by atoms with E-state index in [0.29, 0.717) is 16.3 Å². The maximum atomic E-state index is 11.0. The predicted molar refractivity (Wildman–Crippen MR) is 73.9 cm³/mol. The van der Waals surface area contributed by atoms with Crippen LogP contribution in [0.5, 0.6) is 17.2 Å². The number of hydrogen-bond acceptors (Lipinski definition) is 4. The number of aliphatic carboxylic acids is 1. The van der Waals surface area contributed by atoms with Crippen LogP contribution in [0, 0.1) is 5.92 Å². The van der Waals surface area contributed by atoms with Crippen LogP contribution >= 0.6 is 11.6 Å². The Bertz CT molecular complexity index is 525. The summed E-state index contributed by atoms with van der Waals surface area (Å²) in [6.45, 7) is 0. The summed E-state index contributed by atoms with van der Waals surface area (Å²) >= 11 is 6.20. The molecular formula is C14H17ClO5. The third-order valence-electron chi connectivity index (χ3n) is 3.59. The predicted octanol–water partition coefficient (Wildman–Crippen LogP) is 3.03. The molecule has 5 nitrogen and oxygen atoms in total. The van der Waals surface area contributed by atoms with Crippen molar-refractivity contribution in [3.8, 4) is 17.2 Å². The molecule has 2 rings (SSSR count). The zero-order chi connectivity index (χ0) is 14.9. The molecule has 0 heterocycles. The number of methoxy groups -OCH3 is 2. The van der Waals surface area contributed by atoms with Crippen molar-refractivity contribution < 1.29 is 24.5 Å². The molecule has 0 aromatic heterocycles. The minimum Gasteiger partial charge on any atom is -0.504 e. The number of benzene rings is 1. The fourth-order valence-electron chi connectivity index (χ4n) is 2.50. The standard InChI is InChI=1S/C14H17ClO5/c1-19-10-6-9(15)12(13(18)14(10)20-2)8(5-11(16)17)7-3-4-7/h6-8,18H,3-5H2,1-2H3,(H,16,17). The first-order valence-electron chi connectivity index (χ1n) is 6.34. The van der Waals surface area contributed by atoms with Gasteiger partial charge in [0.25, 0.3) is 0 Å². The summed E-state index contributed by atoms with van der Waals surface area (Å²) in [5.41, 5.74) is 0.439. The van der Waals surface area contributed by atoms with Gasteiger partial charge < -0.3 is 19.7 Å². The summed E-state index contributed by atoms with van der Waals surface area (Å²) < 4.78 is 10.2. The van der Waals surface area contributed by atoms with Crippen LogP contribution in [0.25, 0.3) is 0 Å². The van der Waals surface area contributed by atoms with Gasteiger partial charge in [0, 0.05) is 17.5 Å². The van der Waals surface area contributed by atoms with E-state index in [1.165, 1.54) is 14.2 Å². The van der Waals surface area contributed by atoms with Crippen molar-refractivity contribution in [2.45, 2.75) is 25.2 Å². The second kappa shape index (κ2) is 5.79. The summed E-state index contributed by atoms with van der Waals surface area (Å²) in [7, 11) is 2.86. The first-order chi connectivity index (χ1) is 9.49. The lowest BCUT2D eigenvalue weighted by molar-refractivity contribution is -0.137. The molecule has 1 aromatic carbocycles. The number of carboxylic acid groups (broad SMARTS) is 1. The topological polar surface area (TPSA) is 76.0 Å². The number of ether oxygens (including phenoxy) is 2. The number of carbonyl (C=O) groups is 1. The van der Waals surface area contributed by atoms with Crippen LogP contribution in [0.2, 0.25) is 5.02 Å². The molecule has 1 unspecified atom stereocenters. The number of hydrogen-bond donors (Lipinski definition) is 2. The molecule has 110 valence electrons. The molecule has 0 aliphatic heterocycles. The summed E-state index contributed by atoms with van der Waals surface area (Å²) in [5, 5.41) is 19.7. The highest BCUT2D eigenvalue weighted by Crippen LogP contribution is 2.53. The minimum absolute atomic E-state index is 0.0621. The van der Waals surface area contributed by atoms with E-state index in [1.807, 2.05) is 0 Å². The van der Waals surface area contributed by atoms with Crippen LogP contribution in [0.15, 0.2) is 6.07 Å². The van der Waals surface area contributed by atoms with E-state index in [-0.39, 0.29) is 29.8 Å². The molecule has 1 aromatic rings. The van der Waals surface area contributed by atoms with E-state index in [9.17, 15) is 9.90 Å². The van der Waals surface area contributed by atoms with Crippen molar-refractivity contribution in [1.82, 2.24) is 0 Å². The van der Waals surface area contributed by atoms with Crippen molar-refractivity contribution in [1.29, 1.82) is 0 Å². The van der Waals surface area contributed by atoms with E-state index >= 15 is 0 Å². The van der Waals surface area contributed by atoms with E-state index in [1.54, 1.807) is 6.07 Å². The van der Waals surface area contributed by atoms with Crippen molar-refractivity contribution in [2.75, 3.05) is 14.2 Å². The Morgan fingerprint density at radius 3 is 2.55 bits per heavy atom. The third-order valence-corrected chi connectivity index (χ3v) is 3.90. The van der Waals surface area contributed by atoms with Crippen LogP contribution < -0.4 is 9.47 Å². The number of aromatic hydroxyl groups is 1. The SMILES string of the molecule is COc1cc(Cl)c(C(CC(=O)O)C2CC2)c(O)c1OC. The summed E-state index contributed by atoms with van der Waals surface area (Å²) in [6.07, 6.45) is 1.83. The van der Waals surface area contributed by atoms with Crippen LogP contribution in [-0.4, -0.2) is 30.4 Å². The van der Waals surface area contributed by atoms with Crippen LogP contribution in [-0.2, 0) is 4.79 Å². The highest BCUT2D eigenvalue weighted by molar-refractivity contribution is 6.32. The first-order valence-corrected chi connectivity index (χ1v) is 6.72. The molecule has 0 saturated heterocycles. The quantitative estimate of drug-likeness (QED) is 0.844. The smallest absolute Gasteiger partial charge is 0.303 e. The molecule has 1 atom stereocenters. The number of halogens is 1. The molecule has 0 radical (unpaired) electrons. The van der Waals surface area contributed by atoms with Gasteiger partial charge in [-0.3, -0.25) is 4.79 Å². The minimum atomic E-state index is -0.910. The van der Waals surface area contributed by atoms with Crippen molar-refractivity contribution in [3.63, 3.8) is 0 Å². The summed E-state index contributed by atoms with van der Waals surface area (Å²) in [4.78, 5) is 11.0. The molecule has 1 fully saturated rings. The molecule has 20 heavy (non-hydrogen) atoms. The fraction of sp³-hybridized carbons (Fsp3) is 0.500. The summed E-state index contributed by atoms with van der Waals surface area (Å²) in [5.74, 6) is -0.596. The van der Waals surface area contributed by atoms with E-state index in [0.717, 1.165) is 12.8 Å². The first kappa shape index (κ1) is 14.8. The van der Waals surface area contributed by atoms with Crippen molar-refractivity contribution in [3.05, 3.63) is 16.7 Å². The number of phenolic OH excluding ortho intramolecular Hbond substituents is 1. The maximum Gasteiger partial charge on any atom is 0.303 e. The highest BCUT2D eigenvalue weighted by Gasteiger charge is 2.37. The van der Waals surface area contributed by atoms with Crippen molar-refractivity contribution >= 4 is 17.6 Å². The van der Waals surface area contributed by atoms with Crippen LogP contribution in [0.1, 0.15) is 30.7 Å². The Hall–Kier alpha value is -1.62. The van der Waals surface area contributed by atoms with Gasteiger partial charge in [0.05, 0.1) is 25.7 Å². The monoisotopic (exact) mass is 300 g/mol. The van der Waals surface area contributed by atoms with Gasteiger partial charge in [0.1, 0.15) is 0 Å². The normalized spacial score (nSPS) is 15.8. The Labute approximate surface area is 122 Å². The molecule has 1 saturated carbocycles. The maximum absolute atomic E-state index is 11.0. The van der Waals surface area contributed by atoms with Gasteiger partial charge in [-0.1, -0.05) is 11.6 Å². The third kappa shape index (κ3) is 2.77. The van der Waals surface area contributed by atoms with Gasteiger partial charge in [0.15, 0.2) is 11.5 Å². The molecule has 0 bridgehead atoms. The molecule has 1 aliphatic carbocycles. The van der Waals surface area contributed by atoms with Crippen LogP contribution in [0.3, 0.4) is 0 Å². The number of rotatable bonds is 6. The molecule has 2 N–H and O–H groups in total. The van der Waals surface area contributed by atoms with E-state index < -0.39 is 5.97 Å². The molecule has 6 heteroatoms. The summed E-state index contributed by atoms with van der Waals surface area (Å²) in [6, 6.07) is 1.55. The van der Waals surface area contributed by atoms with Gasteiger partial charge >= 0.3 is 5.97 Å². The van der Waals surface area contributed by atoms with Gasteiger partial charge in [-0.05, 0) is 18.8 Å². The van der Waals surface area contributed by atoms with Gasteiger partial charge in [-0.2, -0.15) is 0 Å².